The number of methoxy groups -OCH3 is 1. The van der Waals surface area contributed by atoms with Crippen LogP contribution in [0.25, 0.3) is 0 Å². The van der Waals surface area contributed by atoms with Crippen molar-refractivity contribution in [1.29, 1.82) is 5.41 Å². The largest absolute Gasteiger partial charge is 0.497 e. The molecule has 3 rings (SSSR count). The highest BCUT2D eigenvalue weighted by atomic mass is 16.5. The van der Waals surface area contributed by atoms with Crippen LogP contribution in [0.2, 0.25) is 0 Å². The van der Waals surface area contributed by atoms with E-state index in [-0.39, 0.29) is 17.1 Å². The maximum Gasteiger partial charge on any atom is 0.265 e. The van der Waals surface area contributed by atoms with Crippen LogP contribution in [0, 0.1) is 5.41 Å². The van der Waals surface area contributed by atoms with Crippen molar-refractivity contribution in [3.8, 4) is 5.75 Å². The summed E-state index contributed by atoms with van der Waals surface area (Å²) in [6, 6.07) is 19.3. The second kappa shape index (κ2) is 8.26. The molecule has 2 amide bonds. The Balaban J connectivity index is 2.05. The summed E-state index contributed by atoms with van der Waals surface area (Å²) >= 11 is 0. The Morgan fingerprint density at radius 3 is 1.79 bits per heavy atom. The maximum atomic E-state index is 13.3. The molecule has 5 N–H and O–H groups in total. The van der Waals surface area contributed by atoms with Crippen molar-refractivity contribution in [3.63, 3.8) is 0 Å². The number of benzene rings is 3. The van der Waals surface area contributed by atoms with Gasteiger partial charge in [0.05, 0.1) is 18.5 Å². The van der Waals surface area contributed by atoms with E-state index in [4.69, 9.17) is 21.6 Å². The van der Waals surface area contributed by atoms with Gasteiger partial charge in [-0.25, -0.2) is 4.90 Å². The highest BCUT2D eigenvalue weighted by Crippen LogP contribution is 2.27. The Hall–Kier alpha value is -4.13. The predicted molar refractivity (Wildman–Crippen MR) is 112 cm³/mol. The lowest BCUT2D eigenvalue weighted by Crippen LogP contribution is -2.37. The molecule has 146 valence electrons. The van der Waals surface area contributed by atoms with Crippen LogP contribution in [0.4, 0.5) is 11.4 Å². The second-order valence-electron chi connectivity index (χ2n) is 6.22. The number of imide groups is 1. The Morgan fingerprint density at radius 1 is 0.828 bits per heavy atom. The van der Waals surface area contributed by atoms with Gasteiger partial charge in [0.15, 0.2) is 0 Å². The molecule has 0 unspecified atom stereocenters. The average molecular weight is 388 g/mol. The molecule has 0 spiro atoms. The van der Waals surface area contributed by atoms with Crippen LogP contribution in [0.15, 0.2) is 72.8 Å². The van der Waals surface area contributed by atoms with Crippen LogP contribution in [0.5, 0.6) is 5.75 Å². The molecule has 7 heteroatoms. The van der Waals surface area contributed by atoms with E-state index in [1.807, 2.05) is 0 Å². The average Bonchev–Trinajstić information content (AvgIpc) is 2.75. The number of hydrogen-bond donors (Lipinski definition) is 3. The van der Waals surface area contributed by atoms with E-state index in [0.717, 1.165) is 4.90 Å². The number of carbonyl (C=O) groups is 2. The fourth-order valence-corrected chi connectivity index (χ4v) is 2.79. The lowest BCUT2D eigenvalue weighted by atomic mass is 10.1. The molecule has 0 aliphatic heterocycles. The lowest BCUT2D eigenvalue weighted by molar-refractivity contribution is 0.0897. The van der Waals surface area contributed by atoms with E-state index in [9.17, 15) is 9.59 Å². The zero-order chi connectivity index (χ0) is 21.0. The minimum absolute atomic E-state index is 0.109. The number of nitrogens with one attached hydrogen (secondary N) is 1. The predicted octanol–water partition coefficient (Wildman–Crippen LogP) is 3.05. The topological polar surface area (TPSA) is 122 Å². The second-order valence-corrected chi connectivity index (χ2v) is 6.22. The monoisotopic (exact) mass is 388 g/mol. The molecule has 0 fully saturated rings. The first-order valence-electron chi connectivity index (χ1n) is 8.74. The van der Waals surface area contributed by atoms with Gasteiger partial charge in [-0.3, -0.25) is 15.0 Å². The summed E-state index contributed by atoms with van der Waals surface area (Å²) in [4.78, 5) is 27.5. The van der Waals surface area contributed by atoms with Gasteiger partial charge in [0.1, 0.15) is 11.6 Å². The molecule has 0 aliphatic rings. The minimum atomic E-state index is -0.543. The van der Waals surface area contributed by atoms with Crippen LogP contribution in [0.3, 0.4) is 0 Å². The molecular weight excluding hydrogens is 368 g/mol. The number of nitrogen functional groups attached to an aromatic ring is 2. The maximum absolute atomic E-state index is 13.3. The van der Waals surface area contributed by atoms with E-state index in [1.54, 1.807) is 60.7 Å². The first-order chi connectivity index (χ1) is 13.9. The minimum Gasteiger partial charge on any atom is -0.497 e. The zero-order valence-corrected chi connectivity index (χ0v) is 15.8. The van der Waals surface area contributed by atoms with E-state index in [2.05, 4.69) is 0 Å². The number of hydrogen-bond acceptors (Lipinski definition) is 5. The lowest BCUT2D eigenvalue weighted by Gasteiger charge is -2.23. The number of anilines is 2. The third-order valence-electron chi connectivity index (χ3n) is 4.36. The Bertz CT molecular complexity index is 1060. The number of nitrogens with zero attached hydrogens (tertiary/aromatic N) is 1. The first kappa shape index (κ1) is 19.6. The molecule has 29 heavy (non-hydrogen) atoms. The van der Waals surface area contributed by atoms with Crippen molar-refractivity contribution < 1.29 is 14.3 Å². The number of nitrogens with two attached hydrogens (primary N) is 2. The van der Waals surface area contributed by atoms with E-state index in [0.29, 0.717) is 22.6 Å². The van der Waals surface area contributed by atoms with Gasteiger partial charge in [0.25, 0.3) is 11.8 Å². The van der Waals surface area contributed by atoms with Crippen LogP contribution < -0.4 is 21.1 Å². The molecule has 0 radical (unpaired) electrons. The Morgan fingerprint density at radius 2 is 1.31 bits per heavy atom. The molecule has 0 atom stereocenters. The Kier molecular flexibility index (Phi) is 5.59. The van der Waals surface area contributed by atoms with Gasteiger partial charge in [0, 0.05) is 16.7 Å². The molecule has 3 aromatic carbocycles. The molecule has 0 saturated carbocycles. The van der Waals surface area contributed by atoms with Crippen molar-refractivity contribution in [2.24, 2.45) is 5.73 Å². The van der Waals surface area contributed by atoms with Crippen LogP contribution in [-0.2, 0) is 0 Å². The van der Waals surface area contributed by atoms with Crippen molar-refractivity contribution in [2.75, 3.05) is 17.7 Å². The summed E-state index contributed by atoms with van der Waals surface area (Å²) in [5.74, 6) is -0.578. The number of amidine groups is 1. The number of ether oxygens (including phenoxy) is 1. The SMILES string of the molecule is COc1ccc(C(=O)N(C(=O)c2ccc(C(=N)N)cc2)c2ccccc2N)cc1. The zero-order valence-electron chi connectivity index (χ0n) is 15.8. The molecule has 0 aromatic heterocycles. The fourth-order valence-electron chi connectivity index (χ4n) is 2.79. The summed E-state index contributed by atoms with van der Waals surface area (Å²) in [6.45, 7) is 0. The Labute approximate surface area is 168 Å². The number of para-hydroxylation sites is 2. The number of rotatable bonds is 5. The van der Waals surface area contributed by atoms with Gasteiger partial charge in [-0.1, -0.05) is 24.3 Å². The summed E-state index contributed by atoms with van der Waals surface area (Å²) in [5, 5.41) is 7.48. The summed E-state index contributed by atoms with van der Waals surface area (Å²) < 4.78 is 5.12. The van der Waals surface area contributed by atoms with Crippen molar-refractivity contribution >= 4 is 29.0 Å². The van der Waals surface area contributed by atoms with Crippen molar-refractivity contribution in [3.05, 3.63) is 89.5 Å². The summed E-state index contributed by atoms with van der Waals surface area (Å²) in [5.41, 5.74) is 13.2. The smallest absolute Gasteiger partial charge is 0.265 e. The third kappa shape index (κ3) is 4.08. The molecule has 0 saturated heterocycles. The van der Waals surface area contributed by atoms with Crippen molar-refractivity contribution in [2.45, 2.75) is 0 Å². The van der Waals surface area contributed by atoms with E-state index < -0.39 is 11.8 Å². The van der Waals surface area contributed by atoms with Crippen LogP contribution >= 0.6 is 0 Å². The molecule has 0 aliphatic carbocycles. The van der Waals surface area contributed by atoms with Crippen molar-refractivity contribution in [1.82, 2.24) is 0 Å². The fraction of sp³-hybridized carbons (Fsp3) is 0.0455. The summed E-state index contributed by atoms with van der Waals surface area (Å²) in [7, 11) is 1.53. The van der Waals surface area contributed by atoms with Gasteiger partial charge >= 0.3 is 0 Å². The highest BCUT2D eigenvalue weighted by molar-refractivity contribution is 6.26. The third-order valence-corrected chi connectivity index (χ3v) is 4.36. The van der Waals surface area contributed by atoms with Crippen LogP contribution in [0.1, 0.15) is 26.3 Å². The van der Waals surface area contributed by atoms with Gasteiger partial charge in [-0.2, -0.15) is 0 Å². The molecule has 0 heterocycles. The molecular formula is C22H20N4O3. The quantitative estimate of drug-likeness (QED) is 0.268. The summed E-state index contributed by atoms with van der Waals surface area (Å²) in [6.07, 6.45) is 0. The van der Waals surface area contributed by atoms with E-state index >= 15 is 0 Å². The van der Waals surface area contributed by atoms with Gasteiger partial charge in [-0.15, -0.1) is 0 Å². The van der Waals surface area contributed by atoms with E-state index in [1.165, 1.54) is 19.2 Å². The number of amides is 2. The molecule has 3 aromatic rings. The normalized spacial score (nSPS) is 10.2. The van der Waals surface area contributed by atoms with Gasteiger partial charge < -0.3 is 16.2 Å². The van der Waals surface area contributed by atoms with Crippen LogP contribution in [-0.4, -0.2) is 24.8 Å². The standard InChI is InChI=1S/C22H20N4O3/c1-29-17-12-10-16(11-13-17)22(28)26(19-5-3-2-4-18(19)23)21(27)15-8-6-14(7-9-15)20(24)25/h2-13H,23H2,1H3,(H3,24,25). The van der Waals surface area contributed by atoms with Gasteiger partial charge in [-0.05, 0) is 48.5 Å². The molecule has 7 nitrogen and oxygen atoms in total. The highest BCUT2D eigenvalue weighted by Gasteiger charge is 2.27. The van der Waals surface area contributed by atoms with Gasteiger partial charge in [0.2, 0.25) is 0 Å². The molecule has 0 bridgehead atoms. The first-order valence-corrected chi connectivity index (χ1v) is 8.74. The number of carbonyl (C=O) groups excluding carboxylic acids is 2.